The number of aliphatic hydroxyl groups excluding tert-OH is 1. The summed E-state index contributed by atoms with van der Waals surface area (Å²) in [5, 5.41) is 8.60. The molecular formula is C7H16ClNO. The molecule has 62 valence electrons. The Hall–Kier alpha value is 0.210. The van der Waals surface area contributed by atoms with Crippen LogP contribution in [0.1, 0.15) is 19.8 Å². The Balaban J connectivity index is 0.000000810. The van der Waals surface area contributed by atoms with Gasteiger partial charge in [0, 0.05) is 12.6 Å². The average Bonchev–Trinajstić information content (AvgIpc) is 2.18. The van der Waals surface area contributed by atoms with Gasteiger partial charge < -0.3 is 5.11 Å². The average molecular weight is 166 g/mol. The number of halogens is 1. The van der Waals surface area contributed by atoms with E-state index in [0.717, 1.165) is 6.54 Å². The summed E-state index contributed by atoms with van der Waals surface area (Å²) < 4.78 is 0. The van der Waals surface area contributed by atoms with Crippen LogP contribution in [0.2, 0.25) is 0 Å². The van der Waals surface area contributed by atoms with E-state index in [9.17, 15) is 0 Å². The Labute approximate surface area is 68.6 Å². The Morgan fingerprint density at radius 2 is 2.30 bits per heavy atom. The molecule has 0 unspecified atom stereocenters. The van der Waals surface area contributed by atoms with Crippen LogP contribution in [0.15, 0.2) is 0 Å². The van der Waals surface area contributed by atoms with Crippen molar-refractivity contribution in [1.82, 2.24) is 4.90 Å². The zero-order valence-electron chi connectivity index (χ0n) is 6.42. The highest BCUT2D eigenvalue weighted by Gasteiger charge is 2.18. The molecule has 0 aromatic rings. The number of hydrogen-bond donors (Lipinski definition) is 1. The molecule has 0 radical (unpaired) electrons. The highest BCUT2D eigenvalue weighted by Crippen LogP contribution is 2.14. The van der Waals surface area contributed by atoms with E-state index in [1.807, 2.05) is 0 Å². The van der Waals surface area contributed by atoms with Crippen molar-refractivity contribution < 1.29 is 5.11 Å². The first-order chi connectivity index (χ1) is 4.34. The van der Waals surface area contributed by atoms with Crippen LogP contribution in [0.4, 0.5) is 0 Å². The molecule has 1 rings (SSSR count). The van der Waals surface area contributed by atoms with Gasteiger partial charge in [-0.2, -0.15) is 0 Å². The van der Waals surface area contributed by atoms with Crippen molar-refractivity contribution >= 4 is 12.4 Å². The quantitative estimate of drug-likeness (QED) is 0.657. The molecule has 1 fully saturated rings. The lowest BCUT2D eigenvalue weighted by Gasteiger charge is -2.18. The summed E-state index contributed by atoms with van der Waals surface area (Å²) in [6, 6.07) is 0.706. The second-order valence-electron chi connectivity index (χ2n) is 2.75. The topological polar surface area (TPSA) is 23.5 Å². The fourth-order valence-corrected chi connectivity index (χ4v) is 1.45. The SMILES string of the molecule is C[C@@H]1CCCN1CCO.Cl. The van der Waals surface area contributed by atoms with Crippen molar-refractivity contribution in [2.24, 2.45) is 0 Å². The van der Waals surface area contributed by atoms with Crippen LogP contribution in [0, 0.1) is 0 Å². The van der Waals surface area contributed by atoms with Gasteiger partial charge in [0.15, 0.2) is 0 Å². The van der Waals surface area contributed by atoms with Gasteiger partial charge in [-0.1, -0.05) is 0 Å². The molecular weight excluding hydrogens is 150 g/mol. The van der Waals surface area contributed by atoms with E-state index in [-0.39, 0.29) is 12.4 Å². The van der Waals surface area contributed by atoms with Crippen LogP contribution < -0.4 is 0 Å². The molecule has 0 bridgehead atoms. The zero-order chi connectivity index (χ0) is 6.69. The van der Waals surface area contributed by atoms with Crippen molar-refractivity contribution in [3.05, 3.63) is 0 Å². The minimum atomic E-state index is 0. The highest BCUT2D eigenvalue weighted by molar-refractivity contribution is 5.85. The standard InChI is InChI=1S/C7H15NO.ClH/c1-7-3-2-4-8(7)5-6-9;/h7,9H,2-6H2,1H3;1H/t7-;/m1./s1. The van der Waals surface area contributed by atoms with E-state index in [4.69, 9.17) is 5.11 Å². The first-order valence-electron chi connectivity index (χ1n) is 3.69. The normalized spacial score (nSPS) is 26.4. The maximum atomic E-state index is 8.60. The Bertz CT molecular complexity index is 89.7. The highest BCUT2D eigenvalue weighted by atomic mass is 35.5. The molecule has 1 aliphatic heterocycles. The number of hydrogen-bond acceptors (Lipinski definition) is 2. The first-order valence-corrected chi connectivity index (χ1v) is 3.69. The minimum absolute atomic E-state index is 0. The molecule has 3 heteroatoms. The van der Waals surface area contributed by atoms with E-state index in [1.165, 1.54) is 19.4 Å². The molecule has 0 amide bonds. The van der Waals surface area contributed by atoms with Crippen molar-refractivity contribution in [2.45, 2.75) is 25.8 Å². The van der Waals surface area contributed by atoms with Crippen molar-refractivity contribution in [3.63, 3.8) is 0 Å². The predicted octanol–water partition coefficient (Wildman–Crippen LogP) is 0.885. The second-order valence-corrected chi connectivity index (χ2v) is 2.75. The third-order valence-corrected chi connectivity index (χ3v) is 2.08. The largest absolute Gasteiger partial charge is 0.395 e. The van der Waals surface area contributed by atoms with Crippen molar-refractivity contribution in [2.75, 3.05) is 19.7 Å². The Morgan fingerprint density at radius 1 is 1.60 bits per heavy atom. The lowest BCUT2D eigenvalue weighted by atomic mass is 10.2. The molecule has 0 aromatic carbocycles. The first kappa shape index (κ1) is 10.2. The number of β-amino-alcohol motifs (C(OH)–C–C–N with tert-alkyl or cyclic N) is 1. The van der Waals surface area contributed by atoms with Gasteiger partial charge in [-0.3, -0.25) is 4.90 Å². The zero-order valence-corrected chi connectivity index (χ0v) is 7.23. The van der Waals surface area contributed by atoms with E-state index in [0.29, 0.717) is 12.6 Å². The van der Waals surface area contributed by atoms with Crippen LogP contribution in [-0.4, -0.2) is 35.7 Å². The monoisotopic (exact) mass is 165 g/mol. The van der Waals surface area contributed by atoms with E-state index >= 15 is 0 Å². The van der Waals surface area contributed by atoms with Crippen LogP contribution in [0.5, 0.6) is 0 Å². The Morgan fingerprint density at radius 3 is 2.70 bits per heavy atom. The van der Waals surface area contributed by atoms with Gasteiger partial charge in [-0.15, -0.1) is 12.4 Å². The third-order valence-electron chi connectivity index (χ3n) is 2.08. The second kappa shape index (κ2) is 4.94. The van der Waals surface area contributed by atoms with Gasteiger partial charge in [0.05, 0.1) is 6.61 Å². The maximum absolute atomic E-state index is 8.60. The lowest BCUT2D eigenvalue weighted by Crippen LogP contribution is -2.29. The lowest BCUT2D eigenvalue weighted by molar-refractivity contribution is 0.192. The summed E-state index contributed by atoms with van der Waals surface area (Å²) in [7, 11) is 0. The fraction of sp³-hybridized carbons (Fsp3) is 1.00. The van der Waals surface area contributed by atoms with Crippen LogP contribution in [0.3, 0.4) is 0 Å². The molecule has 1 saturated heterocycles. The minimum Gasteiger partial charge on any atom is -0.395 e. The van der Waals surface area contributed by atoms with E-state index < -0.39 is 0 Å². The summed E-state index contributed by atoms with van der Waals surface area (Å²) in [5.41, 5.74) is 0. The Kier molecular flexibility index (Phi) is 5.04. The summed E-state index contributed by atoms with van der Waals surface area (Å²) in [6.45, 7) is 4.58. The van der Waals surface area contributed by atoms with Crippen molar-refractivity contribution in [3.8, 4) is 0 Å². The fourth-order valence-electron chi connectivity index (χ4n) is 1.45. The molecule has 10 heavy (non-hydrogen) atoms. The summed E-state index contributed by atoms with van der Waals surface area (Å²) >= 11 is 0. The molecule has 2 nitrogen and oxygen atoms in total. The van der Waals surface area contributed by atoms with Crippen LogP contribution >= 0.6 is 12.4 Å². The number of nitrogens with zero attached hydrogens (tertiary/aromatic N) is 1. The molecule has 0 aromatic heterocycles. The van der Waals surface area contributed by atoms with Crippen molar-refractivity contribution in [1.29, 1.82) is 0 Å². The van der Waals surface area contributed by atoms with E-state index in [1.54, 1.807) is 0 Å². The molecule has 1 atom stereocenters. The maximum Gasteiger partial charge on any atom is 0.0558 e. The van der Waals surface area contributed by atoms with Gasteiger partial charge >= 0.3 is 0 Å². The summed E-state index contributed by atoms with van der Waals surface area (Å²) in [5.74, 6) is 0. The summed E-state index contributed by atoms with van der Waals surface area (Å²) in [6.07, 6.45) is 2.61. The molecule has 0 spiro atoms. The summed E-state index contributed by atoms with van der Waals surface area (Å²) in [4.78, 5) is 2.33. The molecule has 1 aliphatic rings. The van der Waals surface area contributed by atoms with Gasteiger partial charge in [0.2, 0.25) is 0 Å². The molecule has 0 saturated carbocycles. The molecule has 0 aliphatic carbocycles. The van der Waals surface area contributed by atoms with E-state index in [2.05, 4.69) is 11.8 Å². The van der Waals surface area contributed by atoms with Crippen LogP contribution in [-0.2, 0) is 0 Å². The van der Waals surface area contributed by atoms with Crippen LogP contribution in [0.25, 0.3) is 0 Å². The van der Waals surface area contributed by atoms with Gasteiger partial charge in [0.1, 0.15) is 0 Å². The van der Waals surface area contributed by atoms with Gasteiger partial charge in [0.25, 0.3) is 0 Å². The molecule has 1 N–H and O–H groups in total. The van der Waals surface area contributed by atoms with Gasteiger partial charge in [-0.05, 0) is 26.3 Å². The number of likely N-dealkylation sites (tertiary alicyclic amines) is 1. The number of aliphatic hydroxyl groups is 1. The number of rotatable bonds is 2. The van der Waals surface area contributed by atoms with Gasteiger partial charge in [-0.25, -0.2) is 0 Å². The smallest absolute Gasteiger partial charge is 0.0558 e. The predicted molar refractivity (Wildman–Crippen MR) is 44.6 cm³/mol. The third kappa shape index (κ3) is 2.45. The molecule has 1 heterocycles.